The molecule has 0 saturated carbocycles. The van der Waals surface area contributed by atoms with E-state index >= 15 is 0 Å². The molecule has 0 unspecified atom stereocenters. The molecule has 30 heavy (non-hydrogen) atoms. The normalized spacial score (nSPS) is 11.1. The van der Waals surface area contributed by atoms with E-state index in [2.05, 4.69) is 10.3 Å². The molecule has 4 rings (SSSR count). The number of carbonyl (C=O) groups excluding carboxylic acids is 1. The summed E-state index contributed by atoms with van der Waals surface area (Å²) in [6.45, 7) is 1.91. The second-order valence-electron chi connectivity index (χ2n) is 6.86. The zero-order valence-electron chi connectivity index (χ0n) is 16.0. The van der Waals surface area contributed by atoms with Gasteiger partial charge < -0.3 is 14.9 Å². The number of aromatic nitrogens is 3. The summed E-state index contributed by atoms with van der Waals surface area (Å²) in [5.41, 5.74) is 1.06. The van der Waals surface area contributed by atoms with Crippen LogP contribution in [0.3, 0.4) is 0 Å². The Morgan fingerprint density at radius 1 is 1.07 bits per heavy atom. The summed E-state index contributed by atoms with van der Waals surface area (Å²) in [6.07, 6.45) is 1.48. The SMILES string of the molecule is Cc1ccc(-n2c(=O)[nH]c3c(C(=O)Nc4cc(Cl)ccc4Cl)cn(C)c3c2=O)cc1. The number of anilines is 1. The predicted molar refractivity (Wildman–Crippen MR) is 118 cm³/mol. The number of H-pyrrole nitrogens is 1. The Morgan fingerprint density at radius 2 is 1.77 bits per heavy atom. The maximum absolute atomic E-state index is 13.1. The van der Waals surface area contributed by atoms with Gasteiger partial charge in [0.2, 0.25) is 0 Å². The number of benzene rings is 2. The lowest BCUT2D eigenvalue weighted by Crippen LogP contribution is -2.34. The van der Waals surface area contributed by atoms with E-state index in [1.54, 1.807) is 31.3 Å². The Morgan fingerprint density at radius 3 is 2.47 bits per heavy atom. The molecule has 1 amide bonds. The van der Waals surface area contributed by atoms with Gasteiger partial charge in [-0.15, -0.1) is 0 Å². The van der Waals surface area contributed by atoms with E-state index in [0.717, 1.165) is 10.1 Å². The number of hydrogen-bond donors (Lipinski definition) is 2. The second-order valence-corrected chi connectivity index (χ2v) is 7.71. The molecule has 0 saturated heterocycles. The van der Waals surface area contributed by atoms with Crippen molar-refractivity contribution in [2.24, 2.45) is 7.05 Å². The molecule has 7 nitrogen and oxygen atoms in total. The average molecular weight is 443 g/mol. The summed E-state index contributed by atoms with van der Waals surface area (Å²) in [5, 5.41) is 3.38. The molecular weight excluding hydrogens is 427 g/mol. The van der Waals surface area contributed by atoms with Crippen LogP contribution >= 0.6 is 23.2 Å². The zero-order chi connectivity index (χ0) is 21.6. The van der Waals surface area contributed by atoms with Gasteiger partial charge in [0.1, 0.15) is 5.52 Å². The summed E-state index contributed by atoms with van der Waals surface area (Å²) in [5.74, 6) is -0.534. The first-order chi connectivity index (χ1) is 14.3. The largest absolute Gasteiger partial charge is 0.344 e. The smallest absolute Gasteiger partial charge is 0.333 e. The minimum Gasteiger partial charge on any atom is -0.344 e. The zero-order valence-corrected chi connectivity index (χ0v) is 17.5. The van der Waals surface area contributed by atoms with Gasteiger partial charge in [-0.25, -0.2) is 9.36 Å². The molecule has 2 N–H and O–H groups in total. The van der Waals surface area contributed by atoms with E-state index in [-0.39, 0.29) is 16.6 Å². The fourth-order valence-corrected chi connectivity index (χ4v) is 3.59. The Hall–Kier alpha value is -3.29. The molecule has 0 fully saturated rings. The minimum absolute atomic E-state index is 0.133. The van der Waals surface area contributed by atoms with Crippen LogP contribution in [0.5, 0.6) is 0 Å². The highest BCUT2D eigenvalue weighted by Crippen LogP contribution is 2.26. The fraction of sp³-hybridized carbons (Fsp3) is 0.0952. The van der Waals surface area contributed by atoms with Gasteiger partial charge in [-0.2, -0.15) is 0 Å². The summed E-state index contributed by atoms with van der Waals surface area (Å²) in [6, 6.07) is 11.7. The van der Waals surface area contributed by atoms with E-state index < -0.39 is 17.2 Å². The maximum atomic E-state index is 13.1. The summed E-state index contributed by atoms with van der Waals surface area (Å²) < 4.78 is 2.55. The van der Waals surface area contributed by atoms with Crippen LogP contribution in [0, 0.1) is 6.92 Å². The molecule has 4 aromatic rings. The van der Waals surface area contributed by atoms with Crippen LogP contribution in [0.2, 0.25) is 10.0 Å². The number of aromatic amines is 1. The predicted octanol–water partition coefficient (Wildman–Crippen LogP) is 3.89. The van der Waals surface area contributed by atoms with Gasteiger partial charge >= 0.3 is 5.69 Å². The second kappa shape index (κ2) is 7.51. The number of hydrogen-bond acceptors (Lipinski definition) is 3. The Bertz CT molecular complexity index is 1420. The number of halogens is 2. The van der Waals surface area contributed by atoms with Crippen molar-refractivity contribution in [1.82, 2.24) is 14.1 Å². The van der Waals surface area contributed by atoms with Crippen LogP contribution in [-0.4, -0.2) is 20.0 Å². The molecule has 0 aliphatic rings. The number of fused-ring (bicyclic) bond motifs is 1. The van der Waals surface area contributed by atoms with Gasteiger partial charge in [0, 0.05) is 18.3 Å². The molecule has 0 aliphatic heterocycles. The lowest BCUT2D eigenvalue weighted by molar-refractivity contribution is 0.102. The number of rotatable bonds is 3. The molecule has 0 radical (unpaired) electrons. The van der Waals surface area contributed by atoms with Gasteiger partial charge in [0.25, 0.3) is 11.5 Å². The number of nitrogens with one attached hydrogen (secondary N) is 2. The third-order valence-electron chi connectivity index (χ3n) is 4.74. The molecule has 0 spiro atoms. The van der Waals surface area contributed by atoms with Crippen LogP contribution in [0.4, 0.5) is 5.69 Å². The number of carbonyl (C=O) groups is 1. The Labute approximate surface area is 180 Å². The number of amides is 1. The van der Waals surface area contributed by atoms with Crippen molar-refractivity contribution < 1.29 is 4.79 Å². The fourth-order valence-electron chi connectivity index (χ4n) is 3.26. The van der Waals surface area contributed by atoms with Crippen molar-refractivity contribution in [2.75, 3.05) is 5.32 Å². The van der Waals surface area contributed by atoms with E-state index in [9.17, 15) is 14.4 Å². The van der Waals surface area contributed by atoms with Crippen LogP contribution in [0.15, 0.2) is 58.3 Å². The van der Waals surface area contributed by atoms with Crippen LogP contribution in [0.25, 0.3) is 16.7 Å². The van der Waals surface area contributed by atoms with Crippen molar-refractivity contribution >= 4 is 45.8 Å². The first-order valence-electron chi connectivity index (χ1n) is 8.94. The third kappa shape index (κ3) is 3.42. The van der Waals surface area contributed by atoms with Crippen LogP contribution in [0.1, 0.15) is 15.9 Å². The number of nitrogens with zero attached hydrogens (tertiary/aromatic N) is 2. The molecule has 9 heteroatoms. The Kier molecular flexibility index (Phi) is 5.01. The molecule has 152 valence electrons. The monoisotopic (exact) mass is 442 g/mol. The topological polar surface area (TPSA) is 88.9 Å². The molecule has 2 aromatic carbocycles. The van der Waals surface area contributed by atoms with Crippen molar-refractivity contribution in [2.45, 2.75) is 6.92 Å². The first-order valence-corrected chi connectivity index (χ1v) is 9.69. The van der Waals surface area contributed by atoms with Crippen LogP contribution in [-0.2, 0) is 7.05 Å². The first kappa shape index (κ1) is 20.0. The van der Waals surface area contributed by atoms with E-state index in [4.69, 9.17) is 23.2 Å². The Balaban J connectivity index is 1.85. The summed E-state index contributed by atoms with van der Waals surface area (Å²) in [4.78, 5) is 41.3. The summed E-state index contributed by atoms with van der Waals surface area (Å²) in [7, 11) is 1.63. The van der Waals surface area contributed by atoms with Crippen molar-refractivity contribution in [3.05, 3.63) is 90.7 Å². The van der Waals surface area contributed by atoms with E-state index in [1.807, 2.05) is 19.1 Å². The lowest BCUT2D eigenvalue weighted by atomic mass is 10.2. The maximum Gasteiger partial charge on any atom is 0.333 e. The van der Waals surface area contributed by atoms with Gasteiger partial charge in [-0.3, -0.25) is 9.59 Å². The van der Waals surface area contributed by atoms with Crippen molar-refractivity contribution in [3.8, 4) is 5.69 Å². The van der Waals surface area contributed by atoms with E-state index in [1.165, 1.54) is 16.8 Å². The van der Waals surface area contributed by atoms with Crippen molar-refractivity contribution in [3.63, 3.8) is 0 Å². The van der Waals surface area contributed by atoms with Gasteiger partial charge in [-0.1, -0.05) is 40.9 Å². The molecule has 0 atom stereocenters. The van der Waals surface area contributed by atoms with E-state index in [0.29, 0.717) is 21.4 Å². The highest BCUT2D eigenvalue weighted by Gasteiger charge is 2.21. The van der Waals surface area contributed by atoms with Gasteiger partial charge in [0.05, 0.1) is 27.5 Å². The number of aryl methyl sites for hydroxylation is 2. The standard InChI is InChI=1S/C21H16Cl2N4O3/c1-11-3-6-13(7-4-11)27-20(29)18-17(25-21(27)30)14(10-26(18)2)19(28)24-16-9-12(22)5-8-15(16)23/h3-10H,1-2H3,(H,24,28)(H,25,30). The molecule has 0 aliphatic carbocycles. The minimum atomic E-state index is -0.641. The molecule has 2 heterocycles. The molecular formula is C21H16Cl2N4O3. The van der Waals surface area contributed by atoms with Crippen LogP contribution < -0.4 is 16.6 Å². The average Bonchev–Trinajstić information content (AvgIpc) is 3.02. The highest BCUT2D eigenvalue weighted by atomic mass is 35.5. The molecule has 2 aromatic heterocycles. The van der Waals surface area contributed by atoms with Gasteiger partial charge in [0.15, 0.2) is 0 Å². The lowest BCUT2D eigenvalue weighted by Gasteiger charge is -2.08. The highest BCUT2D eigenvalue weighted by molar-refractivity contribution is 6.36. The molecule has 0 bridgehead atoms. The quantitative estimate of drug-likeness (QED) is 0.504. The summed E-state index contributed by atoms with van der Waals surface area (Å²) >= 11 is 12.1. The third-order valence-corrected chi connectivity index (χ3v) is 5.30. The van der Waals surface area contributed by atoms with Crippen molar-refractivity contribution in [1.29, 1.82) is 0 Å². The van der Waals surface area contributed by atoms with Gasteiger partial charge in [-0.05, 0) is 37.3 Å².